The molecule has 5 nitrogen and oxygen atoms in total. The summed E-state index contributed by atoms with van der Waals surface area (Å²) in [6, 6.07) is 7.95. The zero-order valence-corrected chi connectivity index (χ0v) is 11.5. The van der Waals surface area contributed by atoms with Crippen LogP contribution in [-0.4, -0.2) is 34.5 Å². The number of hydrogen-bond donors (Lipinski definition) is 0. The van der Waals surface area contributed by atoms with Crippen LogP contribution in [0.1, 0.15) is 16.7 Å². The minimum absolute atomic E-state index is 0.0408. The van der Waals surface area contributed by atoms with Crippen LogP contribution < -0.4 is 4.74 Å². The molecule has 1 aliphatic rings. The summed E-state index contributed by atoms with van der Waals surface area (Å²) < 4.78 is 12.6. The van der Waals surface area contributed by atoms with Gasteiger partial charge in [0.2, 0.25) is 0 Å². The van der Waals surface area contributed by atoms with Crippen LogP contribution in [0, 0.1) is 0 Å². The standard InChI is InChI=1S/C13H15N3O2S/c1-17-11-4-2-3-10(7-11)8-16-9-12(14-15-16)13-18-5-6-19-13/h2-4,7,9,13H,5-6,8H2,1H3/t13-/m0/s1. The van der Waals surface area contributed by atoms with Gasteiger partial charge in [0.25, 0.3) is 0 Å². The van der Waals surface area contributed by atoms with E-state index in [0.29, 0.717) is 6.54 Å². The first kappa shape index (κ1) is 12.5. The molecule has 1 saturated heterocycles. The Bertz CT molecular complexity index is 552. The molecule has 19 heavy (non-hydrogen) atoms. The van der Waals surface area contributed by atoms with Crippen LogP contribution in [0.3, 0.4) is 0 Å². The summed E-state index contributed by atoms with van der Waals surface area (Å²) in [5.74, 6) is 1.88. The van der Waals surface area contributed by atoms with E-state index in [9.17, 15) is 0 Å². The number of aromatic nitrogens is 3. The fraction of sp³-hybridized carbons (Fsp3) is 0.385. The molecule has 1 aromatic heterocycles. The van der Waals surface area contributed by atoms with Gasteiger partial charge >= 0.3 is 0 Å². The van der Waals surface area contributed by atoms with Gasteiger partial charge < -0.3 is 9.47 Å². The third-order valence-corrected chi connectivity index (χ3v) is 3.98. The van der Waals surface area contributed by atoms with Crippen LogP contribution in [0.4, 0.5) is 0 Å². The van der Waals surface area contributed by atoms with Gasteiger partial charge in [0.05, 0.1) is 26.5 Å². The van der Waals surface area contributed by atoms with Crippen molar-refractivity contribution in [3.63, 3.8) is 0 Å². The zero-order valence-electron chi connectivity index (χ0n) is 10.7. The minimum Gasteiger partial charge on any atom is -0.497 e. The quantitative estimate of drug-likeness (QED) is 0.856. The Morgan fingerprint density at radius 1 is 1.53 bits per heavy atom. The van der Waals surface area contributed by atoms with E-state index in [4.69, 9.17) is 9.47 Å². The highest BCUT2D eigenvalue weighted by molar-refractivity contribution is 7.99. The molecule has 1 atom stereocenters. The second-order valence-corrected chi connectivity index (χ2v) is 5.44. The van der Waals surface area contributed by atoms with Crippen molar-refractivity contribution in [2.24, 2.45) is 0 Å². The molecule has 2 aromatic rings. The van der Waals surface area contributed by atoms with Crippen molar-refractivity contribution in [3.8, 4) is 5.75 Å². The number of rotatable bonds is 4. The summed E-state index contributed by atoms with van der Waals surface area (Å²) in [5.41, 5.74) is 2.07. The molecule has 3 rings (SSSR count). The first-order chi connectivity index (χ1) is 9.35. The maximum Gasteiger partial charge on any atom is 0.148 e. The lowest BCUT2D eigenvalue weighted by molar-refractivity contribution is 0.142. The molecule has 100 valence electrons. The van der Waals surface area contributed by atoms with Crippen LogP contribution in [-0.2, 0) is 11.3 Å². The molecule has 0 N–H and O–H groups in total. The average Bonchev–Trinajstić information content (AvgIpc) is 3.09. The van der Waals surface area contributed by atoms with E-state index >= 15 is 0 Å². The molecule has 0 amide bonds. The Morgan fingerprint density at radius 2 is 2.47 bits per heavy atom. The molecule has 1 fully saturated rings. The molecule has 0 radical (unpaired) electrons. The van der Waals surface area contributed by atoms with Crippen molar-refractivity contribution in [1.29, 1.82) is 0 Å². The molecule has 0 spiro atoms. The van der Waals surface area contributed by atoms with Crippen LogP contribution in [0.2, 0.25) is 0 Å². The molecule has 0 saturated carbocycles. The average molecular weight is 277 g/mol. The monoisotopic (exact) mass is 277 g/mol. The van der Waals surface area contributed by atoms with E-state index in [1.807, 2.05) is 35.1 Å². The zero-order chi connectivity index (χ0) is 13.1. The van der Waals surface area contributed by atoms with Gasteiger partial charge in [0.1, 0.15) is 16.9 Å². The van der Waals surface area contributed by atoms with Gasteiger partial charge in [-0.1, -0.05) is 17.3 Å². The number of benzene rings is 1. The van der Waals surface area contributed by atoms with Gasteiger partial charge in [-0.3, -0.25) is 0 Å². The van der Waals surface area contributed by atoms with Crippen molar-refractivity contribution in [3.05, 3.63) is 41.7 Å². The molecular formula is C13H15N3O2S. The van der Waals surface area contributed by atoms with Crippen molar-refractivity contribution < 1.29 is 9.47 Å². The van der Waals surface area contributed by atoms with E-state index in [1.165, 1.54) is 0 Å². The second-order valence-electron chi connectivity index (χ2n) is 4.27. The smallest absolute Gasteiger partial charge is 0.148 e. The maximum atomic E-state index is 5.57. The summed E-state index contributed by atoms with van der Waals surface area (Å²) in [4.78, 5) is 0. The van der Waals surface area contributed by atoms with Crippen LogP contribution in [0.25, 0.3) is 0 Å². The summed E-state index contributed by atoms with van der Waals surface area (Å²) >= 11 is 1.76. The van der Waals surface area contributed by atoms with Gasteiger partial charge in [-0.25, -0.2) is 4.68 Å². The Balaban J connectivity index is 1.72. The SMILES string of the molecule is COc1cccc(Cn2cc([C@H]3OCCS3)nn2)c1. The topological polar surface area (TPSA) is 49.2 Å². The first-order valence-corrected chi connectivity index (χ1v) is 7.16. The van der Waals surface area contributed by atoms with Crippen LogP contribution in [0.15, 0.2) is 30.5 Å². The Hall–Kier alpha value is -1.53. The third-order valence-electron chi connectivity index (χ3n) is 2.90. The summed E-state index contributed by atoms with van der Waals surface area (Å²) in [7, 11) is 1.67. The van der Waals surface area contributed by atoms with E-state index in [1.54, 1.807) is 18.9 Å². The minimum atomic E-state index is 0.0408. The van der Waals surface area contributed by atoms with Crippen LogP contribution >= 0.6 is 11.8 Å². The molecule has 1 aliphatic heterocycles. The highest BCUT2D eigenvalue weighted by Crippen LogP contribution is 2.33. The van der Waals surface area contributed by atoms with Gasteiger partial charge in [0.15, 0.2) is 0 Å². The molecular weight excluding hydrogens is 262 g/mol. The lowest BCUT2D eigenvalue weighted by Crippen LogP contribution is -2.00. The van der Waals surface area contributed by atoms with Crippen molar-refractivity contribution in [2.45, 2.75) is 12.0 Å². The van der Waals surface area contributed by atoms with Crippen LogP contribution in [0.5, 0.6) is 5.75 Å². The maximum absolute atomic E-state index is 5.57. The molecule has 6 heteroatoms. The Morgan fingerprint density at radius 3 is 3.26 bits per heavy atom. The number of nitrogens with zero attached hydrogens (tertiary/aromatic N) is 3. The fourth-order valence-corrected chi connectivity index (χ4v) is 2.86. The second kappa shape index (κ2) is 5.63. The van der Waals surface area contributed by atoms with Crippen molar-refractivity contribution >= 4 is 11.8 Å². The third kappa shape index (κ3) is 2.90. The Kier molecular flexibility index (Phi) is 3.70. The number of thioether (sulfide) groups is 1. The molecule has 0 unspecified atom stereocenters. The fourth-order valence-electron chi connectivity index (χ4n) is 1.99. The predicted molar refractivity (Wildman–Crippen MR) is 73.3 cm³/mol. The summed E-state index contributed by atoms with van der Waals surface area (Å²) in [6.45, 7) is 1.47. The van der Waals surface area contributed by atoms with Gasteiger partial charge in [-0.15, -0.1) is 16.9 Å². The lowest BCUT2D eigenvalue weighted by Gasteiger charge is -2.04. The van der Waals surface area contributed by atoms with Gasteiger partial charge in [-0.2, -0.15) is 0 Å². The number of methoxy groups -OCH3 is 1. The first-order valence-electron chi connectivity index (χ1n) is 6.11. The molecule has 0 bridgehead atoms. The predicted octanol–water partition coefficient (Wildman–Crippen LogP) is 2.10. The lowest BCUT2D eigenvalue weighted by atomic mass is 10.2. The van der Waals surface area contributed by atoms with Crippen molar-refractivity contribution in [2.75, 3.05) is 19.5 Å². The summed E-state index contributed by atoms with van der Waals surface area (Å²) in [6.07, 6.45) is 1.95. The van der Waals surface area contributed by atoms with Gasteiger partial charge in [-0.05, 0) is 17.7 Å². The van der Waals surface area contributed by atoms with E-state index in [2.05, 4.69) is 10.3 Å². The Labute approximate surface area is 115 Å². The van der Waals surface area contributed by atoms with E-state index in [0.717, 1.165) is 29.4 Å². The highest BCUT2D eigenvalue weighted by atomic mass is 32.2. The largest absolute Gasteiger partial charge is 0.497 e. The summed E-state index contributed by atoms with van der Waals surface area (Å²) in [5, 5.41) is 8.32. The number of ether oxygens (including phenoxy) is 2. The van der Waals surface area contributed by atoms with Crippen molar-refractivity contribution in [1.82, 2.24) is 15.0 Å². The highest BCUT2D eigenvalue weighted by Gasteiger charge is 2.21. The normalized spacial score (nSPS) is 18.7. The molecule has 1 aromatic carbocycles. The molecule has 2 heterocycles. The van der Waals surface area contributed by atoms with E-state index in [-0.39, 0.29) is 5.44 Å². The number of hydrogen-bond acceptors (Lipinski definition) is 5. The van der Waals surface area contributed by atoms with E-state index < -0.39 is 0 Å². The van der Waals surface area contributed by atoms with Gasteiger partial charge in [0, 0.05) is 5.75 Å². The molecule has 0 aliphatic carbocycles.